The molecule has 0 fully saturated rings. The van der Waals surface area contributed by atoms with Crippen molar-refractivity contribution in [1.82, 2.24) is 20.0 Å². The molecule has 7 heteroatoms. The van der Waals surface area contributed by atoms with Crippen molar-refractivity contribution < 1.29 is 0 Å². The topological polar surface area (TPSA) is 55.6 Å². The Hall–Kier alpha value is -2.57. The van der Waals surface area contributed by atoms with Crippen LogP contribution in [0, 0.1) is 0 Å². The van der Waals surface area contributed by atoms with Crippen LogP contribution in [0.25, 0.3) is 11.0 Å². The van der Waals surface area contributed by atoms with Gasteiger partial charge < -0.3 is 5.32 Å². The fraction of sp³-hybridized carbons (Fsp3) is 0.150. The molecule has 4 rings (SSSR count). The fourth-order valence-corrected chi connectivity index (χ4v) is 4.02. The number of fused-ring (bicyclic) bond motifs is 1. The van der Waals surface area contributed by atoms with Crippen molar-refractivity contribution in [2.45, 2.75) is 23.2 Å². The number of para-hydroxylation sites is 1. The van der Waals surface area contributed by atoms with Crippen LogP contribution >= 0.6 is 23.4 Å². The zero-order valence-electron chi connectivity index (χ0n) is 14.7. The lowest BCUT2D eigenvalue weighted by Gasteiger charge is -2.26. The molecular weight excluding hydrogens is 378 g/mol. The Kier molecular flexibility index (Phi) is 5.27. The third-order valence-corrected chi connectivity index (χ3v) is 5.61. The van der Waals surface area contributed by atoms with Gasteiger partial charge in [-0.2, -0.15) is 0 Å². The molecule has 2 aromatic carbocycles. The molecule has 2 atom stereocenters. The number of nitrogens with zero attached hydrogens (tertiary/aromatic N) is 4. The van der Waals surface area contributed by atoms with E-state index in [1.54, 1.807) is 18.0 Å². The average Bonchev–Trinajstić information content (AvgIpc) is 3.12. The largest absolute Gasteiger partial charge is 0.347 e. The second-order valence-electron chi connectivity index (χ2n) is 6.10. The molecule has 0 saturated carbocycles. The summed E-state index contributed by atoms with van der Waals surface area (Å²) >= 11 is 7.76. The van der Waals surface area contributed by atoms with Crippen LogP contribution in [0.5, 0.6) is 0 Å². The number of thioether (sulfide) groups is 1. The Morgan fingerprint density at radius 2 is 1.78 bits per heavy atom. The minimum atomic E-state index is -0.132. The van der Waals surface area contributed by atoms with Gasteiger partial charge in [0.15, 0.2) is 0 Å². The lowest BCUT2D eigenvalue weighted by Crippen LogP contribution is -2.28. The summed E-state index contributed by atoms with van der Waals surface area (Å²) in [7, 11) is 0. The van der Waals surface area contributed by atoms with E-state index in [9.17, 15) is 0 Å². The van der Waals surface area contributed by atoms with E-state index in [0.717, 1.165) is 26.8 Å². The molecule has 5 nitrogen and oxygen atoms in total. The molecular formula is C20H18ClN5S. The van der Waals surface area contributed by atoms with Crippen molar-refractivity contribution in [3.8, 4) is 0 Å². The van der Waals surface area contributed by atoms with Crippen molar-refractivity contribution in [3.05, 3.63) is 77.9 Å². The Labute approximate surface area is 166 Å². The zero-order valence-corrected chi connectivity index (χ0v) is 16.2. The first-order valence-electron chi connectivity index (χ1n) is 8.60. The minimum Gasteiger partial charge on any atom is -0.347 e. The van der Waals surface area contributed by atoms with E-state index in [2.05, 4.69) is 27.5 Å². The number of aromatic nitrogens is 4. The van der Waals surface area contributed by atoms with E-state index in [-0.39, 0.29) is 11.4 Å². The molecule has 0 aliphatic rings. The maximum absolute atomic E-state index is 6.01. The Balaban J connectivity index is 1.67. The van der Waals surface area contributed by atoms with Gasteiger partial charge in [-0.1, -0.05) is 35.0 Å². The summed E-state index contributed by atoms with van der Waals surface area (Å²) in [6, 6.07) is 21.6. The van der Waals surface area contributed by atoms with Crippen molar-refractivity contribution >= 4 is 40.2 Å². The van der Waals surface area contributed by atoms with Gasteiger partial charge in [-0.15, -0.1) is 16.9 Å². The first-order valence-corrected chi connectivity index (χ1v) is 9.86. The second kappa shape index (κ2) is 7.98. The Morgan fingerprint density at radius 1 is 1.00 bits per heavy atom. The molecule has 0 unspecified atom stereocenters. The zero-order chi connectivity index (χ0) is 18.6. The van der Waals surface area contributed by atoms with Crippen molar-refractivity contribution in [2.75, 3.05) is 5.32 Å². The molecule has 1 N–H and O–H groups in total. The number of halogens is 1. The van der Waals surface area contributed by atoms with E-state index < -0.39 is 0 Å². The first-order chi connectivity index (χ1) is 13.2. The van der Waals surface area contributed by atoms with E-state index >= 15 is 0 Å². The number of hydrogen-bond donors (Lipinski definition) is 1. The summed E-state index contributed by atoms with van der Waals surface area (Å²) in [5.41, 5.74) is 1.85. The van der Waals surface area contributed by atoms with Gasteiger partial charge in [0.25, 0.3) is 0 Å². The lowest BCUT2D eigenvalue weighted by atomic mass is 10.3. The second-order valence-corrected chi connectivity index (χ2v) is 7.99. The predicted molar refractivity (Wildman–Crippen MR) is 111 cm³/mol. The molecule has 0 spiro atoms. The van der Waals surface area contributed by atoms with Crippen LogP contribution in [0.3, 0.4) is 0 Å². The van der Waals surface area contributed by atoms with Crippen LogP contribution in [0.2, 0.25) is 5.02 Å². The Bertz CT molecular complexity index is 1020. The molecule has 0 saturated heterocycles. The SMILES string of the molecule is C[C@@H](Sc1ccc(Cl)cc1)[C@@H](Nc1ccccn1)n1nnc2ccccc21. The molecule has 2 heterocycles. The molecule has 0 amide bonds. The lowest BCUT2D eigenvalue weighted by molar-refractivity contribution is 0.498. The smallest absolute Gasteiger partial charge is 0.136 e. The van der Waals surface area contributed by atoms with E-state index in [1.165, 1.54) is 0 Å². The van der Waals surface area contributed by atoms with Crippen LogP contribution in [-0.4, -0.2) is 25.2 Å². The molecule has 0 bridgehead atoms. The van der Waals surface area contributed by atoms with E-state index in [0.29, 0.717) is 0 Å². The Morgan fingerprint density at radius 3 is 2.56 bits per heavy atom. The summed E-state index contributed by atoms with van der Waals surface area (Å²) in [5, 5.41) is 13.1. The van der Waals surface area contributed by atoms with Crippen LogP contribution in [0.1, 0.15) is 13.1 Å². The molecule has 27 heavy (non-hydrogen) atoms. The molecule has 4 aromatic rings. The highest BCUT2D eigenvalue weighted by atomic mass is 35.5. The quantitative estimate of drug-likeness (QED) is 0.450. The number of nitrogens with one attached hydrogen (secondary N) is 1. The third-order valence-electron chi connectivity index (χ3n) is 4.18. The van der Waals surface area contributed by atoms with Crippen LogP contribution < -0.4 is 5.32 Å². The van der Waals surface area contributed by atoms with Gasteiger partial charge in [0.05, 0.1) is 5.52 Å². The number of rotatable bonds is 6. The third kappa shape index (κ3) is 4.07. The highest BCUT2D eigenvalue weighted by Gasteiger charge is 2.23. The molecule has 0 aliphatic heterocycles. The highest BCUT2D eigenvalue weighted by Crippen LogP contribution is 2.32. The average molecular weight is 396 g/mol. The van der Waals surface area contributed by atoms with Gasteiger partial charge in [0, 0.05) is 21.4 Å². The minimum absolute atomic E-state index is 0.132. The van der Waals surface area contributed by atoms with Gasteiger partial charge in [-0.25, -0.2) is 9.67 Å². The van der Waals surface area contributed by atoms with Crippen LogP contribution in [0.15, 0.2) is 77.8 Å². The van der Waals surface area contributed by atoms with Crippen LogP contribution in [-0.2, 0) is 0 Å². The predicted octanol–water partition coefficient (Wildman–Crippen LogP) is 5.27. The van der Waals surface area contributed by atoms with E-state index in [1.807, 2.05) is 71.4 Å². The molecule has 2 aromatic heterocycles. The summed E-state index contributed by atoms with van der Waals surface area (Å²) in [6.45, 7) is 2.16. The van der Waals surface area contributed by atoms with Gasteiger partial charge in [-0.3, -0.25) is 0 Å². The van der Waals surface area contributed by atoms with Crippen molar-refractivity contribution in [2.24, 2.45) is 0 Å². The van der Waals surface area contributed by atoms with Gasteiger partial charge in [-0.05, 0) is 55.5 Å². The number of benzene rings is 2. The maximum atomic E-state index is 6.01. The van der Waals surface area contributed by atoms with Gasteiger partial charge in [0.2, 0.25) is 0 Å². The summed E-state index contributed by atoms with van der Waals surface area (Å²) in [5.74, 6) is 0.797. The molecule has 0 radical (unpaired) electrons. The van der Waals surface area contributed by atoms with Gasteiger partial charge in [0.1, 0.15) is 17.5 Å². The fourth-order valence-electron chi connectivity index (χ4n) is 2.86. The number of pyridine rings is 1. The molecule has 0 aliphatic carbocycles. The van der Waals surface area contributed by atoms with Crippen molar-refractivity contribution in [3.63, 3.8) is 0 Å². The normalized spacial score (nSPS) is 13.4. The molecule has 136 valence electrons. The standard InChI is InChI=1S/C20H18ClN5S/c1-14(27-16-11-9-15(21)10-12-16)20(23-19-8-4-5-13-22-19)26-18-7-3-2-6-17(18)24-25-26/h2-14,20H,1H3,(H,22,23)/t14-,20+/m1/s1. The van der Waals surface area contributed by atoms with E-state index in [4.69, 9.17) is 11.6 Å². The summed E-state index contributed by atoms with van der Waals surface area (Å²) < 4.78 is 1.93. The maximum Gasteiger partial charge on any atom is 0.136 e. The summed E-state index contributed by atoms with van der Waals surface area (Å²) in [4.78, 5) is 5.55. The van der Waals surface area contributed by atoms with Gasteiger partial charge >= 0.3 is 0 Å². The number of anilines is 1. The first kappa shape index (κ1) is 17.8. The highest BCUT2D eigenvalue weighted by molar-refractivity contribution is 8.00. The van der Waals surface area contributed by atoms with Crippen molar-refractivity contribution in [1.29, 1.82) is 0 Å². The van der Waals surface area contributed by atoms with Crippen LogP contribution in [0.4, 0.5) is 5.82 Å². The number of hydrogen-bond acceptors (Lipinski definition) is 5. The summed E-state index contributed by atoms with van der Waals surface area (Å²) in [6.07, 6.45) is 1.64. The monoisotopic (exact) mass is 395 g/mol.